The molecule has 0 amide bonds. The Labute approximate surface area is 155 Å². The van der Waals surface area contributed by atoms with Crippen molar-refractivity contribution in [3.8, 4) is 0 Å². The van der Waals surface area contributed by atoms with E-state index in [1.54, 1.807) is 0 Å². The van der Waals surface area contributed by atoms with Crippen LogP contribution < -0.4 is 0 Å². The Morgan fingerprint density at radius 3 is 2.31 bits per heavy atom. The molecule has 1 heterocycles. The maximum atomic E-state index is 13.2. The van der Waals surface area contributed by atoms with Crippen molar-refractivity contribution < 1.29 is 9.53 Å². The Kier molecular flexibility index (Phi) is 4.28. The molecule has 1 aliphatic carbocycles. The summed E-state index contributed by atoms with van der Waals surface area (Å²) in [4.78, 5) is 13.2. The summed E-state index contributed by atoms with van der Waals surface area (Å²) in [6, 6.07) is 19.5. The third-order valence-electron chi connectivity index (χ3n) is 6.00. The monoisotopic (exact) mass is 344 g/mol. The predicted octanol–water partition coefficient (Wildman–Crippen LogP) is 5.82. The van der Waals surface area contributed by atoms with E-state index in [0.717, 1.165) is 35.3 Å². The summed E-state index contributed by atoms with van der Waals surface area (Å²) >= 11 is 0. The lowest BCUT2D eigenvalue weighted by Crippen LogP contribution is -2.31. The second-order valence-corrected chi connectivity index (χ2v) is 7.52. The number of ether oxygens (including phenoxy) is 1. The fourth-order valence-electron chi connectivity index (χ4n) is 4.11. The first kappa shape index (κ1) is 16.8. The zero-order chi connectivity index (χ0) is 18.1. The zero-order valence-corrected chi connectivity index (χ0v) is 15.4. The summed E-state index contributed by atoms with van der Waals surface area (Å²) in [5, 5.41) is 0. The van der Waals surface area contributed by atoms with Gasteiger partial charge in [0.05, 0.1) is 0 Å². The topological polar surface area (TPSA) is 26.3 Å². The number of Topliss-reactive ketones (excluding diaryl/α,β-unsaturated/α-hetero) is 1. The van der Waals surface area contributed by atoms with Crippen LogP contribution in [0.5, 0.6) is 0 Å². The van der Waals surface area contributed by atoms with Gasteiger partial charge in [0.1, 0.15) is 11.9 Å². The molecule has 0 spiro atoms. The summed E-state index contributed by atoms with van der Waals surface area (Å²) in [5.41, 5.74) is 3.89. The summed E-state index contributed by atoms with van der Waals surface area (Å²) < 4.78 is 6.48. The molecule has 0 fully saturated rings. The van der Waals surface area contributed by atoms with E-state index in [9.17, 15) is 4.79 Å². The first-order valence-corrected chi connectivity index (χ1v) is 9.32. The quantitative estimate of drug-likeness (QED) is 0.516. The molecule has 0 N–H and O–H groups in total. The average Bonchev–Trinajstić information content (AvgIpc) is 3.28. The molecule has 0 radical (unpaired) electrons. The maximum Gasteiger partial charge on any atom is 0.192 e. The molecule has 2 nitrogen and oxygen atoms in total. The van der Waals surface area contributed by atoms with E-state index in [1.165, 1.54) is 5.57 Å². The van der Waals surface area contributed by atoms with Gasteiger partial charge in [-0.05, 0) is 19.8 Å². The van der Waals surface area contributed by atoms with Gasteiger partial charge in [0.2, 0.25) is 0 Å². The normalized spacial score (nSPS) is 25.2. The smallest absolute Gasteiger partial charge is 0.192 e. The lowest BCUT2D eigenvalue weighted by Gasteiger charge is -2.33. The molecule has 4 rings (SSSR count). The predicted molar refractivity (Wildman–Crippen MR) is 105 cm³/mol. The van der Waals surface area contributed by atoms with Gasteiger partial charge in [0.15, 0.2) is 5.78 Å². The van der Waals surface area contributed by atoms with E-state index in [-0.39, 0.29) is 17.3 Å². The van der Waals surface area contributed by atoms with Crippen LogP contribution in [0.4, 0.5) is 0 Å². The summed E-state index contributed by atoms with van der Waals surface area (Å²) in [6.07, 6.45) is 5.16. The molecule has 1 aliphatic heterocycles. The van der Waals surface area contributed by atoms with Gasteiger partial charge in [0.25, 0.3) is 0 Å². The minimum Gasteiger partial charge on any atom is -0.488 e. The van der Waals surface area contributed by atoms with Gasteiger partial charge >= 0.3 is 0 Å². The Morgan fingerprint density at radius 1 is 1.04 bits per heavy atom. The van der Waals surface area contributed by atoms with E-state index in [1.807, 2.05) is 60.7 Å². The molecule has 2 aromatic carbocycles. The fourth-order valence-corrected chi connectivity index (χ4v) is 4.11. The Balaban J connectivity index is 1.74. The van der Waals surface area contributed by atoms with Crippen molar-refractivity contribution in [1.82, 2.24) is 0 Å². The van der Waals surface area contributed by atoms with Gasteiger partial charge in [0, 0.05) is 28.5 Å². The van der Waals surface area contributed by atoms with Crippen LogP contribution in [0.3, 0.4) is 0 Å². The van der Waals surface area contributed by atoms with Gasteiger partial charge in [-0.2, -0.15) is 0 Å². The van der Waals surface area contributed by atoms with E-state index < -0.39 is 0 Å². The molecule has 132 valence electrons. The van der Waals surface area contributed by atoms with Crippen LogP contribution in [0.15, 0.2) is 77.9 Å². The number of benzene rings is 2. The third-order valence-corrected chi connectivity index (χ3v) is 6.00. The van der Waals surface area contributed by atoms with E-state index in [2.05, 4.69) is 19.9 Å². The Morgan fingerprint density at radius 2 is 1.69 bits per heavy atom. The minimum atomic E-state index is -0.00124. The third kappa shape index (κ3) is 2.80. The lowest BCUT2D eigenvalue weighted by atomic mass is 9.76. The van der Waals surface area contributed by atoms with Gasteiger partial charge in [-0.1, -0.05) is 79.2 Å². The molecule has 0 saturated heterocycles. The molecular weight excluding hydrogens is 320 g/mol. The molecule has 2 atom stereocenters. The average molecular weight is 344 g/mol. The van der Waals surface area contributed by atoms with Crippen molar-refractivity contribution in [3.63, 3.8) is 0 Å². The largest absolute Gasteiger partial charge is 0.488 e. The molecule has 0 unspecified atom stereocenters. The van der Waals surface area contributed by atoms with Crippen molar-refractivity contribution in [2.24, 2.45) is 5.41 Å². The van der Waals surface area contributed by atoms with Crippen molar-refractivity contribution in [2.75, 3.05) is 0 Å². The summed E-state index contributed by atoms with van der Waals surface area (Å²) in [5.74, 6) is 0.834. The van der Waals surface area contributed by atoms with E-state index in [4.69, 9.17) is 4.74 Å². The van der Waals surface area contributed by atoms with Crippen molar-refractivity contribution in [3.05, 3.63) is 89.0 Å². The number of allylic oxidation sites excluding steroid dienone is 1. The standard InChI is InChI=1S/C24H24O2/c1-17-10-9-15-24(17,2)21-16-20(22(25)18-11-5-3-6-12-18)23(26-21)19-13-7-4-8-14-19/h3-8,10-14,21H,9,15-16H2,1-2H3/t21-,24-/m0/s1. The molecule has 0 bridgehead atoms. The number of carbonyl (C=O) groups excluding carboxylic acids is 1. The Bertz CT molecular complexity index is 877. The molecule has 2 aliphatic rings. The lowest BCUT2D eigenvalue weighted by molar-refractivity contribution is 0.0779. The van der Waals surface area contributed by atoms with Gasteiger partial charge in [-0.3, -0.25) is 4.79 Å². The van der Waals surface area contributed by atoms with Gasteiger partial charge < -0.3 is 4.74 Å². The Hall–Kier alpha value is -2.61. The highest BCUT2D eigenvalue weighted by atomic mass is 16.5. The molecule has 26 heavy (non-hydrogen) atoms. The summed E-state index contributed by atoms with van der Waals surface area (Å²) in [6.45, 7) is 4.46. The first-order chi connectivity index (χ1) is 12.6. The first-order valence-electron chi connectivity index (χ1n) is 9.32. The van der Waals surface area contributed by atoms with Crippen molar-refractivity contribution in [1.29, 1.82) is 0 Å². The minimum absolute atomic E-state index is 0.00124. The number of carbonyl (C=O) groups is 1. The molecular formula is C24H24O2. The van der Waals surface area contributed by atoms with Crippen LogP contribution in [0.2, 0.25) is 0 Å². The van der Waals surface area contributed by atoms with Crippen LogP contribution >= 0.6 is 0 Å². The van der Waals surface area contributed by atoms with E-state index >= 15 is 0 Å². The zero-order valence-electron chi connectivity index (χ0n) is 15.4. The van der Waals surface area contributed by atoms with Gasteiger partial charge in [-0.25, -0.2) is 0 Å². The number of hydrogen-bond donors (Lipinski definition) is 0. The fraction of sp³-hybridized carbons (Fsp3) is 0.292. The van der Waals surface area contributed by atoms with Crippen LogP contribution in [0.25, 0.3) is 5.76 Å². The summed E-state index contributed by atoms with van der Waals surface area (Å²) in [7, 11) is 0. The second kappa shape index (κ2) is 6.60. The van der Waals surface area contributed by atoms with Crippen LogP contribution in [0.1, 0.15) is 49.0 Å². The number of rotatable bonds is 4. The SMILES string of the molecule is CC1=CCC[C@]1(C)[C@@H]1CC(C(=O)c2ccccc2)=C(c2ccccc2)O1. The van der Waals surface area contributed by atoms with Gasteiger partial charge in [-0.15, -0.1) is 0 Å². The molecule has 0 aromatic heterocycles. The second-order valence-electron chi connectivity index (χ2n) is 7.52. The van der Waals surface area contributed by atoms with Crippen molar-refractivity contribution in [2.45, 2.75) is 39.2 Å². The van der Waals surface area contributed by atoms with Crippen LogP contribution in [-0.2, 0) is 4.74 Å². The van der Waals surface area contributed by atoms with E-state index in [0.29, 0.717) is 6.42 Å². The highest BCUT2D eigenvalue weighted by molar-refractivity contribution is 6.13. The molecule has 2 heteroatoms. The highest BCUT2D eigenvalue weighted by Crippen LogP contribution is 2.49. The maximum absolute atomic E-state index is 13.2. The highest BCUT2D eigenvalue weighted by Gasteiger charge is 2.45. The number of hydrogen-bond acceptors (Lipinski definition) is 2. The van der Waals surface area contributed by atoms with Crippen LogP contribution in [0, 0.1) is 5.41 Å². The van der Waals surface area contributed by atoms with Crippen molar-refractivity contribution >= 4 is 11.5 Å². The molecule has 2 aromatic rings. The van der Waals surface area contributed by atoms with Crippen LogP contribution in [-0.4, -0.2) is 11.9 Å². The molecule has 0 saturated carbocycles. The number of ketones is 1.